The van der Waals surface area contributed by atoms with E-state index in [4.69, 9.17) is 14.6 Å². The van der Waals surface area contributed by atoms with Crippen molar-refractivity contribution >= 4 is 11.9 Å². The lowest BCUT2D eigenvalue weighted by atomic mass is 10.0. The second-order valence-corrected chi connectivity index (χ2v) is 7.76. The summed E-state index contributed by atoms with van der Waals surface area (Å²) in [5.41, 5.74) is 0. The van der Waals surface area contributed by atoms with Gasteiger partial charge in [0.1, 0.15) is 6.10 Å². The fourth-order valence-corrected chi connectivity index (χ4v) is 3.38. The normalized spacial score (nSPS) is 17.5. The van der Waals surface area contributed by atoms with E-state index in [9.17, 15) is 19.8 Å². The molecule has 0 spiro atoms. The molecule has 0 fully saturated rings. The molecule has 0 unspecified atom stereocenters. The topological polar surface area (TPSA) is 113 Å². The average molecular weight is 415 g/mol. The second kappa shape index (κ2) is 15.3. The fourth-order valence-electron chi connectivity index (χ4n) is 3.38. The number of rotatable bonds is 17. The highest BCUT2D eigenvalue weighted by atomic mass is 16.6. The van der Waals surface area contributed by atoms with Crippen molar-refractivity contribution in [1.29, 1.82) is 0 Å². The van der Waals surface area contributed by atoms with E-state index in [2.05, 4.69) is 6.92 Å². The van der Waals surface area contributed by atoms with Crippen LogP contribution in [-0.4, -0.2) is 46.1 Å². The molecule has 0 aromatic rings. The summed E-state index contributed by atoms with van der Waals surface area (Å²) in [7, 11) is 0. The molecule has 29 heavy (non-hydrogen) atoms. The summed E-state index contributed by atoms with van der Waals surface area (Å²) in [6, 6.07) is 0. The van der Waals surface area contributed by atoms with Crippen molar-refractivity contribution < 1.29 is 34.4 Å². The van der Waals surface area contributed by atoms with Crippen molar-refractivity contribution in [1.82, 2.24) is 0 Å². The Hall–Kier alpha value is -1.60. The van der Waals surface area contributed by atoms with Gasteiger partial charge >= 0.3 is 11.9 Å². The van der Waals surface area contributed by atoms with Gasteiger partial charge in [-0.1, -0.05) is 84.0 Å². The molecule has 1 rings (SSSR count). The van der Waals surface area contributed by atoms with Crippen LogP contribution in [0.4, 0.5) is 0 Å². The maximum absolute atomic E-state index is 11.9. The largest absolute Gasteiger partial charge is 0.499 e. The molecular weight excluding hydrogens is 376 g/mol. The Bertz CT molecular complexity index is 515. The summed E-state index contributed by atoms with van der Waals surface area (Å²) < 4.78 is 9.72. The molecule has 168 valence electrons. The first-order chi connectivity index (χ1) is 14.0. The minimum atomic E-state index is -1.46. The van der Waals surface area contributed by atoms with Crippen LogP contribution in [0.25, 0.3) is 0 Å². The number of hydrogen-bond acceptors (Lipinski definition) is 7. The van der Waals surface area contributed by atoms with Crippen LogP contribution < -0.4 is 0 Å². The van der Waals surface area contributed by atoms with E-state index in [1.165, 1.54) is 57.8 Å². The van der Waals surface area contributed by atoms with Gasteiger partial charge in [-0.2, -0.15) is 0 Å². The van der Waals surface area contributed by atoms with Gasteiger partial charge in [-0.15, -0.1) is 0 Å². The standard InChI is InChI=1S/C22H38O7/c1-2-3-4-5-6-7-8-9-10-11-12-13-14-15-18(25)28-21-19(26)22(27)29-20(21)17(24)16-23/h17,20,23-24,26H,2-16H2,1H3/t17-,20-/m0/s1. The van der Waals surface area contributed by atoms with E-state index in [1.54, 1.807) is 0 Å². The molecular formula is C22H38O7. The molecule has 2 atom stereocenters. The third-order valence-corrected chi connectivity index (χ3v) is 5.16. The fraction of sp³-hybridized carbons (Fsp3) is 0.818. The number of carbonyl (C=O) groups excluding carboxylic acids is 2. The second-order valence-electron chi connectivity index (χ2n) is 7.76. The third kappa shape index (κ3) is 10.1. The number of aliphatic hydroxyl groups excluding tert-OH is 3. The molecule has 0 aromatic heterocycles. The van der Waals surface area contributed by atoms with Gasteiger partial charge in [0.25, 0.3) is 0 Å². The Labute approximate surface area is 174 Å². The molecule has 3 N–H and O–H groups in total. The van der Waals surface area contributed by atoms with Crippen LogP contribution in [0.3, 0.4) is 0 Å². The summed E-state index contributed by atoms with van der Waals surface area (Å²) in [5, 5.41) is 28.2. The zero-order valence-electron chi connectivity index (χ0n) is 17.7. The number of carbonyl (C=O) groups is 2. The molecule has 0 bridgehead atoms. The third-order valence-electron chi connectivity index (χ3n) is 5.16. The summed E-state index contributed by atoms with van der Waals surface area (Å²) in [6.45, 7) is 1.54. The first-order valence-electron chi connectivity index (χ1n) is 11.1. The number of unbranched alkanes of at least 4 members (excludes halogenated alkanes) is 12. The number of cyclic esters (lactones) is 1. The van der Waals surface area contributed by atoms with Crippen LogP contribution in [0.5, 0.6) is 0 Å². The Morgan fingerprint density at radius 2 is 1.45 bits per heavy atom. The van der Waals surface area contributed by atoms with Gasteiger partial charge in [-0.3, -0.25) is 4.79 Å². The first kappa shape index (κ1) is 25.4. The maximum atomic E-state index is 11.9. The Morgan fingerprint density at radius 1 is 0.966 bits per heavy atom. The van der Waals surface area contributed by atoms with Gasteiger partial charge in [0, 0.05) is 6.42 Å². The maximum Gasteiger partial charge on any atom is 0.378 e. The number of hydrogen-bond donors (Lipinski definition) is 3. The molecule has 7 nitrogen and oxygen atoms in total. The smallest absolute Gasteiger partial charge is 0.378 e. The van der Waals surface area contributed by atoms with Crippen LogP contribution in [0.2, 0.25) is 0 Å². The van der Waals surface area contributed by atoms with Gasteiger partial charge < -0.3 is 24.8 Å². The molecule has 0 aromatic carbocycles. The Morgan fingerprint density at radius 3 is 1.93 bits per heavy atom. The highest BCUT2D eigenvalue weighted by Gasteiger charge is 2.41. The van der Waals surface area contributed by atoms with Crippen LogP contribution in [-0.2, 0) is 19.1 Å². The quantitative estimate of drug-likeness (QED) is 0.243. The number of ether oxygens (including phenoxy) is 2. The van der Waals surface area contributed by atoms with Crippen LogP contribution >= 0.6 is 0 Å². The zero-order chi connectivity index (χ0) is 21.5. The molecule has 1 aliphatic heterocycles. The van der Waals surface area contributed by atoms with Crippen molar-refractivity contribution in [3.8, 4) is 0 Å². The van der Waals surface area contributed by atoms with Crippen molar-refractivity contribution in [3.05, 3.63) is 11.5 Å². The predicted molar refractivity (Wildman–Crippen MR) is 109 cm³/mol. The molecule has 0 saturated heterocycles. The van der Waals surface area contributed by atoms with E-state index in [-0.39, 0.29) is 6.42 Å². The van der Waals surface area contributed by atoms with Gasteiger partial charge in [0.15, 0.2) is 6.10 Å². The average Bonchev–Trinajstić information content (AvgIpc) is 2.99. The first-order valence-corrected chi connectivity index (χ1v) is 11.1. The Balaban J connectivity index is 2.06. The van der Waals surface area contributed by atoms with Crippen LogP contribution in [0, 0.1) is 0 Å². The van der Waals surface area contributed by atoms with E-state index in [0.29, 0.717) is 6.42 Å². The van der Waals surface area contributed by atoms with Crippen molar-refractivity contribution in [2.45, 2.75) is 109 Å². The highest BCUT2D eigenvalue weighted by molar-refractivity contribution is 5.90. The monoisotopic (exact) mass is 414 g/mol. The van der Waals surface area contributed by atoms with Gasteiger partial charge in [0.05, 0.1) is 6.61 Å². The molecule has 0 amide bonds. The van der Waals surface area contributed by atoms with Crippen LogP contribution in [0.15, 0.2) is 11.5 Å². The molecule has 7 heteroatoms. The van der Waals surface area contributed by atoms with E-state index in [0.717, 1.165) is 19.3 Å². The van der Waals surface area contributed by atoms with E-state index >= 15 is 0 Å². The SMILES string of the molecule is CCCCCCCCCCCCCCCC(=O)OC1=C(O)C(=O)O[C@H]1[C@@H](O)CO. The molecule has 1 heterocycles. The predicted octanol–water partition coefficient (Wildman–Crippen LogP) is 4.06. The number of esters is 2. The van der Waals surface area contributed by atoms with Crippen molar-refractivity contribution in [2.75, 3.05) is 6.61 Å². The zero-order valence-corrected chi connectivity index (χ0v) is 17.7. The lowest BCUT2D eigenvalue weighted by Gasteiger charge is -2.17. The van der Waals surface area contributed by atoms with Crippen molar-refractivity contribution in [3.63, 3.8) is 0 Å². The summed E-state index contributed by atoms with van der Waals surface area (Å²) in [6.07, 6.45) is 13.0. The lowest BCUT2D eigenvalue weighted by Crippen LogP contribution is -2.33. The molecule has 0 radical (unpaired) electrons. The molecule has 0 aliphatic carbocycles. The summed E-state index contributed by atoms with van der Waals surface area (Å²) in [4.78, 5) is 23.3. The minimum absolute atomic E-state index is 0.157. The van der Waals surface area contributed by atoms with E-state index < -0.39 is 42.3 Å². The Kier molecular flexibility index (Phi) is 13.4. The van der Waals surface area contributed by atoms with E-state index in [1.807, 2.05) is 0 Å². The van der Waals surface area contributed by atoms with Gasteiger partial charge in [-0.25, -0.2) is 4.79 Å². The highest BCUT2D eigenvalue weighted by Crippen LogP contribution is 2.25. The van der Waals surface area contributed by atoms with Crippen molar-refractivity contribution in [2.24, 2.45) is 0 Å². The van der Waals surface area contributed by atoms with Gasteiger partial charge in [0.2, 0.25) is 11.5 Å². The molecule has 0 saturated carbocycles. The summed E-state index contributed by atoms with van der Waals surface area (Å²) >= 11 is 0. The molecule has 1 aliphatic rings. The minimum Gasteiger partial charge on any atom is -0.499 e. The summed E-state index contributed by atoms with van der Waals surface area (Å²) in [5.74, 6) is -2.92. The van der Waals surface area contributed by atoms with Crippen LogP contribution in [0.1, 0.15) is 96.8 Å². The van der Waals surface area contributed by atoms with Gasteiger partial charge in [-0.05, 0) is 6.42 Å². The number of aliphatic hydroxyl groups is 3. The lowest BCUT2D eigenvalue weighted by molar-refractivity contribution is -0.151.